The first-order valence-corrected chi connectivity index (χ1v) is 7.16. The van der Waals surface area contributed by atoms with Gasteiger partial charge < -0.3 is 15.3 Å². The van der Waals surface area contributed by atoms with Crippen molar-refractivity contribution in [3.63, 3.8) is 0 Å². The number of amides is 1. The summed E-state index contributed by atoms with van der Waals surface area (Å²) in [7, 11) is 0. The Morgan fingerprint density at radius 2 is 2.11 bits per heavy atom. The summed E-state index contributed by atoms with van der Waals surface area (Å²) >= 11 is 0. The first kappa shape index (κ1) is 13.8. The average Bonchev–Trinajstić information content (AvgIpc) is 2.75. The zero-order valence-electron chi connectivity index (χ0n) is 11.8. The second-order valence-corrected chi connectivity index (χ2v) is 6.37. The van der Waals surface area contributed by atoms with Gasteiger partial charge in [-0.05, 0) is 25.3 Å². The van der Waals surface area contributed by atoms with Gasteiger partial charge in [-0.2, -0.15) is 0 Å². The number of nitrogens with one attached hydrogen (secondary N) is 1. The fourth-order valence-corrected chi connectivity index (χ4v) is 3.38. The number of aliphatic hydroxyl groups is 1. The molecule has 0 aliphatic carbocycles. The van der Waals surface area contributed by atoms with Crippen molar-refractivity contribution < 1.29 is 9.90 Å². The van der Waals surface area contributed by atoms with Crippen LogP contribution in [0.25, 0.3) is 0 Å². The van der Waals surface area contributed by atoms with Crippen LogP contribution >= 0.6 is 0 Å². The number of carbonyl (C=O) groups excluding carboxylic acids is 1. The van der Waals surface area contributed by atoms with E-state index < -0.39 is 5.60 Å². The Kier molecular flexibility index (Phi) is 3.70. The van der Waals surface area contributed by atoms with Crippen molar-refractivity contribution in [1.29, 1.82) is 0 Å². The van der Waals surface area contributed by atoms with Crippen LogP contribution in [0.5, 0.6) is 0 Å². The second kappa shape index (κ2) is 4.82. The van der Waals surface area contributed by atoms with Gasteiger partial charge in [0, 0.05) is 6.54 Å². The number of hydrogen-bond acceptors (Lipinski definition) is 3. The molecule has 2 N–H and O–H groups in total. The van der Waals surface area contributed by atoms with E-state index in [0.29, 0.717) is 19.0 Å². The molecule has 0 aromatic rings. The summed E-state index contributed by atoms with van der Waals surface area (Å²) < 4.78 is 0. The quantitative estimate of drug-likeness (QED) is 0.787. The smallest absolute Gasteiger partial charge is 0.230 e. The van der Waals surface area contributed by atoms with E-state index in [-0.39, 0.29) is 11.3 Å². The lowest BCUT2D eigenvalue weighted by Crippen LogP contribution is -2.66. The first-order valence-electron chi connectivity index (χ1n) is 7.16. The van der Waals surface area contributed by atoms with Crippen molar-refractivity contribution in [3.8, 4) is 0 Å². The van der Waals surface area contributed by atoms with Crippen LogP contribution in [0.3, 0.4) is 0 Å². The zero-order valence-corrected chi connectivity index (χ0v) is 11.8. The zero-order chi connectivity index (χ0) is 13.4. The molecular formula is C14H26N2O2. The number of likely N-dealkylation sites (tertiary alicyclic amines) is 1. The Hall–Kier alpha value is -0.610. The standard InChI is InChI=1S/C14H26N2O2/c1-4-5-13(18)9-16(10-13)12(17)14(11(2)3)6-7-15-8-14/h11,15,18H,4-10H2,1-3H3. The van der Waals surface area contributed by atoms with E-state index in [1.165, 1.54) is 0 Å². The van der Waals surface area contributed by atoms with Crippen molar-refractivity contribution in [3.05, 3.63) is 0 Å². The molecule has 104 valence electrons. The van der Waals surface area contributed by atoms with Crippen LogP contribution in [0.4, 0.5) is 0 Å². The highest BCUT2D eigenvalue weighted by Gasteiger charge is 2.51. The molecule has 2 saturated heterocycles. The van der Waals surface area contributed by atoms with Crippen molar-refractivity contribution >= 4 is 5.91 Å². The van der Waals surface area contributed by atoms with Crippen molar-refractivity contribution in [2.24, 2.45) is 11.3 Å². The van der Waals surface area contributed by atoms with Crippen LogP contribution in [0.1, 0.15) is 40.0 Å². The summed E-state index contributed by atoms with van der Waals surface area (Å²) in [5, 5.41) is 13.5. The minimum atomic E-state index is -0.616. The summed E-state index contributed by atoms with van der Waals surface area (Å²) in [4.78, 5) is 14.5. The summed E-state index contributed by atoms with van der Waals surface area (Å²) in [5.74, 6) is 0.586. The van der Waals surface area contributed by atoms with Gasteiger partial charge in [0.05, 0.1) is 24.1 Å². The fourth-order valence-electron chi connectivity index (χ4n) is 3.38. The van der Waals surface area contributed by atoms with E-state index in [1.807, 2.05) is 4.90 Å². The number of hydrogen-bond donors (Lipinski definition) is 2. The van der Waals surface area contributed by atoms with Gasteiger partial charge in [-0.3, -0.25) is 4.79 Å². The maximum Gasteiger partial charge on any atom is 0.230 e. The number of rotatable bonds is 4. The summed E-state index contributed by atoms with van der Waals surface area (Å²) in [6.45, 7) is 9.08. The molecule has 1 amide bonds. The molecule has 2 aliphatic heterocycles. The Labute approximate surface area is 110 Å². The molecule has 2 heterocycles. The Balaban J connectivity index is 2.00. The molecule has 0 saturated carbocycles. The van der Waals surface area contributed by atoms with Crippen LogP contribution < -0.4 is 5.32 Å². The molecule has 4 heteroatoms. The van der Waals surface area contributed by atoms with Gasteiger partial charge in [-0.1, -0.05) is 27.2 Å². The second-order valence-electron chi connectivity index (χ2n) is 6.37. The maximum atomic E-state index is 12.7. The summed E-state index contributed by atoms with van der Waals surface area (Å²) in [6, 6.07) is 0. The van der Waals surface area contributed by atoms with Crippen LogP contribution in [0, 0.1) is 11.3 Å². The van der Waals surface area contributed by atoms with Crippen LogP contribution in [0.2, 0.25) is 0 Å². The monoisotopic (exact) mass is 254 g/mol. The van der Waals surface area contributed by atoms with Gasteiger partial charge in [0.25, 0.3) is 0 Å². The fraction of sp³-hybridized carbons (Fsp3) is 0.929. The van der Waals surface area contributed by atoms with E-state index >= 15 is 0 Å². The summed E-state index contributed by atoms with van der Waals surface area (Å²) in [6.07, 6.45) is 2.69. The lowest BCUT2D eigenvalue weighted by Gasteiger charge is -2.50. The van der Waals surface area contributed by atoms with Crippen molar-refractivity contribution in [2.45, 2.75) is 45.6 Å². The molecule has 0 radical (unpaired) electrons. The van der Waals surface area contributed by atoms with E-state index in [4.69, 9.17) is 0 Å². The van der Waals surface area contributed by atoms with Gasteiger partial charge in [-0.15, -0.1) is 0 Å². The molecule has 0 spiro atoms. The van der Waals surface area contributed by atoms with Gasteiger partial charge in [0.2, 0.25) is 5.91 Å². The lowest BCUT2D eigenvalue weighted by atomic mass is 9.73. The molecule has 18 heavy (non-hydrogen) atoms. The topological polar surface area (TPSA) is 52.6 Å². The number of β-amino-alcohol motifs (C(OH)–C–C–N with tert-alkyl or cyclic N) is 1. The molecule has 2 aliphatic rings. The lowest BCUT2D eigenvalue weighted by molar-refractivity contribution is -0.168. The molecule has 0 aromatic heterocycles. The maximum absolute atomic E-state index is 12.7. The predicted octanol–water partition coefficient (Wildman–Crippen LogP) is 0.995. The average molecular weight is 254 g/mol. The Morgan fingerprint density at radius 1 is 1.44 bits per heavy atom. The van der Waals surface area contributed by atoms with Crippen LogP contribution in [-0.2, 0) is 4.79 Å². The van der Waals surface area contributed by atoms with E-state index in [0.717, 1.165) is 32.4 Å². The third-order valence-corrected chi connectivity index (χ3v) is 4.69. The minimum Gasteiger partial charge on any atom is -0.386 e. The van der Waals surface area contributed by atoms with Gasteiger partial charge >= 0.3 is 0 Å². The number of carbonyl (C=O) groups is 1. The molecule has 4 nitrogen and oxygen atoms in total. The molecule has 2 fully saturated rings. The van der Waals surface area contributed by atoms with Crippen LogP contribution in [0.15, 0.2) is 0 Å². The molecule has 0 aromatic carbocycles. The molecule has 1 atom stereocenters. The summed E-state index contributed by atoms with van der Waals surface area (Å²) in [5.41, 5.74) is -0.859. The molecule has 2 rings (SSSR count). The van der Waals surface area contributed by atoms with Gasteiger partial charge in [-0.25, -0.2) is 0 Å². The molecular weight excluding hydrogens is 228 g/mol. The van der Waals surface area contributed by atoms with Gasteiger partial charge in [0.1, 0.15) is 0 Å². The third-order valence-electron chi connectivity index (χ3n) is 4.69. The van der Waals surface area contributed by atoms with E-state index in [1.54, 1.807) is 0 Å². The third kappa shape index (κ3) is 2.16. The largest absolute Gasteiger partial charge is 0.386 e. The highest BCUT2D eigenvalue weighted by molar-refractivity contribution is 5.84. The minimum absolute atomic E-state index is 0.239. The highest BCUT2D eigenvalue weighted by atomic mass is 16.3. The normalized spacial score (nSPS) is 30.6. The van der Waals surface area contributed by atoms with Gasteiger partial charge in [0.15, 0.2) is 0 Å². The van der Waals surface area contributed by atoms with Crippen LogP contribution in [-0.4, -0.2) is 47.7 Å². The Morgan fingerprint density at radius 3 is 2.56 bits per heavy atom. The first-order chi connectivity index (χ1) is 8.43. The van der Waals surface area contributed by atoms with Crippen molar-refractivity contribution in [1.82, 2.24) is 10.2 Å². The van der Waals surface area contributed by atoms with Crippen molar-refractivity contribution in [2.75, 3.05) is 26.2 Å². The molecule has 1 unspecified atom stereocenters. The molecule has 0 bridgehead atoms. The highest BCUT2D eigenvalue weighted by Crippen LogP contribution is 2.39. The van der Waals surface area contributed by atoms with E-state index in [2.05, 4.69) is 26.1 Å². The van der Waals surface area contributed by atoms with E-state index in [9.17, 15) is 9.90 Å². The predicted molar refractivity (Wildman–Crippen MR) is 71.2 cm³/mol. The SMILES string of the molecule is CCCC1(O)CN(C(=O)C2(C(C)C)CCNC2)C1. The number of nitrogens with zero attached hydrogens (tertiary/aromatic N) is 1. The Bertz CT molecular complexity index is 316.